The van der Waals surface area contributed by atoms with Crippen LogP contribution in [-0.2, 0) is 6.54 Å². The Morgan fingerprint density at radius 2 is 0.623 bits per heavy atom. The SMILES string of the molecule is Fc1c(F)c(F)c([B-](c2c(F)c(F)c(F)c(F)c2F)(c2c(F)c(F)c(F)c(F)c2F)c2c(F)c(F)c(F)c(F)c2F)c(F)c1F.Sc1ccccc1-c1ccc2ccccc2[n+]1Cc1ccccc1. The van der Waals surface area contributed by atoms with Gasteiger partial charge in [-0.15, -0.1) is 34.5 Å². The average Bonchev–Trinajstić information content (AvgIpc) is 3.34. The summed E-state index contributed by atoms with van der Waals surface area (Å²) in [5.41, 5.74) is -9.47. The van der Waals surface area contributed by atoms with Crippen LogP contribution < -0.4 is 26.4 Å². The van der Waals surface area contributed by atoms with Gasteiger partial charge < -0.3 is 0 Å². The van der Waals surface area contributed by atoms with Crippen LogP contribution in [0.3, 0.4) is 0 Å². The molecule has 0 aliphatic rings. The number of fused-ring (bicyclic) bond motifs is 1. The first kappa shape index (κ1) is 49.9. The van der Waals surface area contributed by atoms with E-state index in [1.807, 2.05) is 12.1 Å². The van der Waals surface area contributed by atoms with E-state index >= 15 is 35.1 Å². The van der Waals surface area contributed by atoms with E-state index in [9.17, 15) is 52.7 Å². The minimum Gasteiger partial charge on any atom is -0.207 e. The predicted octanol–water partition coefficient (Wildman–Crippen LogP) is 11.0. The number of thiol groups is 1. The molecule has 0 bridgehead atoms. The maximum atomic E-state index is 15.4. The number of hydrogen-bond donors (Lipinski definition) is 1. The zero-order valence-corrected chi connectivity index (χ0v) is 34.3. The lowest BCUT2D eigenvalue weighted by molar-refractivity contribution is -0.651. The first-order chi connectivity index (χ1) is 32.5. The van der Waals surface area contributed by atoms with E-state index in [4.69, 9.17) is 0 Å². The molecule has 1 aromatic heterocycles. The molecule has 0 spiro atoms. The normalized spacial score (nSPS) is 11.6. The maximum absolute atomic E-state index is 15.4. The number of para-hydroxylation sites is 1. The molecule has 0 saturated heterocycles. The van der Waals surface area contributed by atoms with Crippen LogP contribution in [0.4, 0.5) is 87.8 Å². The molecule has 356 valence electrons. The van der Waals surface area contributed by atoms with Crippen molar-refractivity contribution in [2.24, 2.45) is 0 Å². The molecule has 8 aromatic rings. The summed E-state index contributed by atoms with van der Waals surface area (Å²) in [6, 6.07) is 31.8. The average molecular weight is 1010 g/mol. The molecular weight excluding hydrogens is 989 g/mol. The van der Waals surface area contributed by atoms with Crippen LogP contribution in [0.25, 0.3) is 22.2 Å². The first-order valence-electron chi connectivity index (χ1n) is 19.0. The summed E-state index contributed by atoms with van der Waals surface area (Å²) in [6.07, 6.45) is -7.22. The third kappa shape index (κ3) is 7.88. The van der Waals surface area contributed by atoms with Crippen LogP contribution in [0.15, 0.2) is 95.9 Å². The zero-order valence-electron chi connectivity index (χ0n) is 33.4. The molecule has 69 heavy (non-hydrogen) atoms. The third-order valence-electron chi connectivity index (χ3n) is 11.0. The fraction of sp³-hybridized carbons (Fsp3) is 0.0217. The Labute approximate surface area is 378 Å². The molecule has 0 N–H and O–H groups in total. The minimum atomic E-state index is -7.22. The Kier molecular flexibility index (Phi) is 13.6. The third-order valence-corrected chi connectivity index (χ3v) is 11.4. The summed E-state index contributed by atoms with van der Waals surface area (Å²) < 4.78 is 296. The molecule has 0 fully saturated rings. The highest BCUT2D eigenvalue weighted by atomic mass is 32.1. The van der Waals surface area contributed by atoms with Gasteiger partial charge in [0, 0.05) is 28.0 Å². The second-order valence-electron chi connectivity index (χ2n) is 14.7. The van der Waals surface area contributed by atoms with Crippen LogP contribution in [0.1, 0.15) is 5.56 Å². The Morgan fingerprint density at radius 3 is 0.986 bits per heavy atom. The van der Waals surface area contributed by atoms with E-state index in [-0.39, 0.29) is 0 Å². The Morgan fingerprint density at radius 1 is 0.319 bits per heavy atom. The van der Waals surface area contributed by atoms with Gasteiger partial charge in [-0.3, -0.25) is 0 Å². The molecule has 0 unspecified atom stereocenters. The van der Waals surface area contributed by atoms with Crippen molar-refractivity contribution in [3.63, 3.8) is 0 Å². The summed E-state index contributed by atoms with van der Waals surface area (Å²) >= 11 is 4.66. The molecule has 0 amide bonds. The lowest BCUT2D eigenvalue weighted by atomic mass is 9.12. The number of benzene rings is 7. The highest BCUT2D eigenvalue weighted by molar-refractivity contribution is 7.80. The van der Waals surface area contributed by atoms with Crippen molar-refractivity contribution >= 4 is 51.5 Å². The lowest BCUT2D eigenvalue weighted by Gasteiger charge is -2.44. The standard InChI is InChI=1S/C24BF20.C22H17NS/c26-5-1(6(27)14(35)21(42)13(5)34)25(2-7(28)15(36)22(43)16(37)8(2)29,3-9(30)17(38)23(44)18(39)10(3)31)4-11(32)19(40)24(45)20(41)12(4)33;24-22-13-7-5-11-19(22)21-15-14-18-10-4-6-12-20(18)23(21)16-17-8-2-1-3-9-17/h;1-15H,16H2/q-1;/p+1. The fourth-order valence-corrected chi connectivity index (χ4v) is 8.27. The Balaban J connectivity index is 0.000000244. The minimum absolute atomic E-state index is 0.833. The van der Waals surface area contributed by atoms with Gasteiger partial charge in [-0.2, -0.15) is 4.57 Å². The van der Waals surface area contributed by atoms with Crippen molar-refractivity contribution in [2.75, 3.05) is 0 Å². The van der Waals surface area contributed by atoms with E-state index in [1.165, 1.54) is 22.2 Å². The van der Waals surface area contributed by atoms with Gasteiger partial charge in [-0.1, -0.05) is 54.6 Å². The van der Waals surface area contributed by atoms with E-state index < -0.39 is 144 Å². The molecule has 0 aliphatic carbocycles. The summed E-state index contributed by atoms with van der Waals surface area (Å²) in [5.74, 6) is -71.4. The topological polar surface area (TPSA) is 3.88 Å². The second kappa shape index (κ2) is 18.8. The molecule has 7 aromatic carbocycles. The van der Waals surface area contributed by atoms with E-state index in [0.29, 0.717) is 0 Å². The number of rotatable bonds is 7. The number of pyridine rings is 1. The second-order valence-corrected chi connectivity index (χ2v) is 15.1. The molecule has 0 atom stereocenters. The summed E-state index contributed by atoms with van der Waals surface area (Å²) in [4.78, 5) is 0.995. The highest BCUT2D eigenvalue weighted by Gasteiger charge is 2.52. The number of aromatic nitrogens is 1. The van der Waals surface area contributed by atoms with Gasteiger partial charge in [0.2, 0.25) is 11.2 Å². The Bertz CT molecular complexity index is 3010. The van der Waals surface area contributed by atoms with Gasteiger partial charge in [0.25, 0.3) is 0 Å². The lowest BCUT2D eigenvalue weighted by Crippen LogP contribution is -2.81. The van der Waals surface area contributed by atoms with Gasteiger partial charge in [0.15, 0.2) is 76.4 Å². The van der Waals surface area contributed by atoms with Crippen molar-refractivity contribution < 1.29 is 92.4 Å². The van der Waals surface area contributed by atoms with Crippen molar-refractivity contribution in [2.45, 2.75) is 11.4 Å². The molecule has 1 heterocycles. The van der Waals surface area contributed by atoms with E-state index in [1.54, 1.807) is 0 Å². The van der Waals surface area contributed by atoms with Crippen LogP contribution >= 0.6 is 12.6 Å². The first-order valence-corrected chi connectivity index (χ1v) is 19.4. The quantitative estimate of drug-likeness (QED) is 0.0405. The van der Waals surface area contributed by atoms with Gasteiger partial charge in [-0.25, -0.2) is 87.8 Å². The molecule has 23 heteroatoms. The van der Waals surface area contributed by atoms with Crippen LogP contribution in [0.2, 0.25) is 0 Å². The van der Waals surface area contributed by atoms with Crippen molar-refractivity contribution in [3.8, 4) is 11.3 Å². The number of hydrogen-bond acceptors (Lipinski definition) is 1. The van der Waals surface area contributed by atoms with Gasteiger partial charge >= 0.3 is 0 Å². The molecule has 8 rings (SSSR count). The van der Waals surface area contributed by atoms with E-state index in [0.717, 1.165) is 17.0 Å². The Hall–Kier alpha value is -7.04. The summed E-state index contributed by atoms with van der Waals surface area (Å²) in [6.45, 7) is 0.833. The maximum Gasteiger partial charge on any atom is 0.214 e. The largest absolute Gasteiger partial charge is 0.214 e. The van der Waals surface area contributed by atoms with Gasteiger partial charge in [-0.05, 0) is 24.3 Å². The van der Waals surface area contributed by atoms with Gasteiger partial charge in [0.05, 0.1) is 5.56 Å². The van der Waals surface area contributed by atoms with E-state index in [2.05, 4.69) is 96.1 Å². The zero-order chi connectivity index (χ0) is 50.7. The fourth-order valence-electron chi connectivity index (χ4n) is 8.00. The summed E-state index contributed by atoms with van der Waals surface area (Å²) in [5, 5.41) is 1.24. The van der Waals surface area contributed by atoms with Crippen LogP contribution in [0.5, 0.6) is 0 Å². The molecule has 0 saturated carbocycles. The van der Waals surface area contributed by atoms with Crippen molar-refractivity contribution in [1.29, 1.82) is 0 Å². The monoisotopic (exact) mass is 1010 g/mol. The summed E-state index contributed by atoms with van der Waals surface area (Å²) in [7, 11) is 0. The molecule has 0 aliphatic heterocycles. The van der Waals surface area contributed by atoms with Crippen molar-refractivity contribution in [1.82, 2.24) is 0 Å². The molecule has 1 nitrogen and oxygen atoms in total. The smallest absolute Gasteiger partial charge is 0.207 e. The highest BCUT2D eigenvalue weighted by Crippen LogP contribution is 2.31. The van der Waals surface area contributed by atoms with Crippen molar-refractivity contribution in [3.05, 3.63) is 213 Å². The number of nitrogens with zero attached hydrogens (tertiary/aromatic N) is 1. The molecular formula is C46H18BF20NS. The van der Waals surface area contributed by atoms with Crippen LogP contribution in [-0.4, -0.2) is 6.15 Å². The van der Waals surface area contributed by atoms with Gasteiger partial charge in [0.1, 0.15) is 52.7 Å². The predicted molar refractivity (Wildman–Crippen MR) is 212 cm³/mol. The number of halogens is 20. The van der Waals surface area contributed by atoms with Crippen LogP contribution in [0, 0.1) is 116 Å². The molecule has 0 radical (unpaired) electrons.